The number of allylic oxidation sites excluding steroid dienone is 13. The van der Waals surface area contributed by atoms with Crippen LogP contribution in [0.15, 0.2) is 85.1 Å². The van der Waals surface area contributed by atoms with Gasteiger partial charge in [0.2, 0.25) is 5.91 Å². The van der Waals surface area contributed by atoms with Gasteiger partial charge in [0.25, 0.3) is 0 Å². The van der Waals surface area contributed by atoms with Gasteiger partial charge in [-0.15, -0.1) is 0 Å². The molecule has 0 aliphatic heterocycles. The molecule has 1 amide bonds. The van der Waals surface area contributed by atoms with Gasteiger partial charge in [-0.2, -0.15) is 0 Å². The molecule has 0 aromatic carbocycles. The highest BCUT2D eigenvalue weighted by atomic mass is 31.2. The second-order valence-electron chi connectivity index (χ2n) is 24.0. The molecule has 2 N–H and O–H groups in total. The fourth-order valence-electron chi connectivity index (χ4n) is 9.61. The SMILES string of the molecule is CC/C=C\C/C=C\C/C=C\C/C=C\C/C=C\CCCCCCCCCCCC(=O)OC(/C=C\CCCCCCCCCCCCC)C(COP(=O)(O)OCC[N+](C)(C)C)NC(=O)CCCCCCCCC/C=C/CCCCCCCC. The fourth-order valence-corrected chi connectivity index (χ4v) is 10.3. The van der Waals surface area contributed by atoms with Gasteiger partial charge >= 0.3 is 13.8 Å². The van der Waals surface area contributed by atoms with Crippen LogP contribution < -0.4 is 5.32 Å². The summed E-state index contributed by atoms with van der Waals surface area (Å²) in [7, 11) is 1.49. The lowest BCUT2D eigenvalue weighted by Crippen LogP contribution is -2.47. The van der Waals surface area contributed by atoms with Crippen molar-refractivity contribution in [3.8, 4) is 0 Å². The van der Waals surface area contributed by atoms with Gasteiger partial charge in [0.05, 0.1) is 33.8 Å². The number of hydrogen-bond donors (Lipinski definition) is 2. The summed E-state index contributed by atoms with van der Waals surface area (Å²) >= 11 is 0. The molecule has 0 spiro atoms. The average molecular weight is 1150 g/mol. The maximum Gasteiger partial charge on any atom is 0.472 e. The molecule has 0 saturated carbocycles. The summed E-state index contributed by atoms with van der Waals surface area (Å²) in [6.45, 7) is 6.91. The van der Waals surface area contributed by atoms with E-state index < -0.39 is 20.0 Å². The van der Waals surface area contributed by atoms with E-state index >= 15 is 0 Å². The van der Waals surface area contributed by atoms with Crippen molar-refractivity contribution in [1.29, 1.82) is 0 Å². The van der Waals surface area contributed by atoms with Crippen LogP contribution in [-0.4, -0.2) is 74.3 Å². The van der Waals surface area contributed by atoms with Gasteiger partial charge in [0.15, 0.2) is 0 Å². The number of amides is 1. The van der Waals surface area contributed by atoms with Gasteiger partial charge in [-0.05, 0) is 102 Å². The van der Waals surface area contributed by atoms with Crippen LogP contribution in [0.5, 0.6) is 0 Å². The minimum atomic E-state index is -4.46. The third-order valence-electron chi connectivity index (χ3n) is 14.8. The molecule has 81 heavy (non-hydrogen) atoms. The number of likely N-dealkylation sites (N-methyl/N-ethyl adjacent to an activating group) is 1. The van der Waals surface area contributed by atoms with Crippen LogP contribution in [0, 0.1) is 0 Å². The third-order valence-corrected chi connectivity index (χ3v) is 15.8. The first-order valence-corrected chi connectivity index (χ1v) is 35.4. The van der Waals surface area contributed by atoms with Crippen molar-refractivity contribution < 1.29 is 37.3 Å². The van der Waals surface area contributed by atoms with Crippen LogP contribution in [0.4, 0.5) is 0 Å². The van der Waals surface area contributed by atoms with Gasteiger partial charge < -0.3 is 19.4 Å². The number of unbranched alkanes of at least 4 members (excludes halogenated alkanes) is 33. The average Bonchev–Trinajstić information content (AvgIpc) is 3.44. The van der Waals surface area contributed by atoms with Crippen LogP contribution in [0.25, 0.3) is 0 Å². The number of hydrogen-bond acceptors (Lipinski definition) is 6. The minimum absolute atomic E-state index is 0.0361. The van der Waals surface area contributed by atoms with Gasteiger partial charge in [-0.1, -0.05) is 273 Å². The lowest BCUT2D eigenvalue weighted by Gasteiger charge is -2.27. The summed E-state index contributed by atoms with van der Waals surface area (Å²) in [5.74, 6) is -0.512. The molecule has 0 heterocycles. The number of carbonyl (C=O) groups is 2. The Morgan fingerprint density at radius 1 is 0.444 bits per heavy atom. The summed E-state index contributed by atoms with van der Waals surface area (Å²) < 4.78 is 30.8. The van der Waals surface area contributed by atoms with Gasteiger partial charge in [0.1, 0.15) is 19.3 Å². The summed E-state index contributed by atoms with van der Waals surface area (Å²) in [5, 5.41) is 3.06. The lowest BCUT2D eigenvalue weighted by atomic mass is 10.0. The molecular formula is C71H130N2O7P+. The molecule has 0 fully saturated rings. The van der Waals surface area contributed by atoms with Gasteiger partial charge in [-0.25, -0.2) is 4.57 Å². The topological polar surface area (TPSA) is 111 Å². The monoisotopic (exact) mass is 1150 g/mol. The molecule has 0 bridgehead atoms. The van der Waals surface area contributed by atoms with Crippen LogP contribution >= 0.6 is 7.82 Å². The normalized spacial score (nSPS) is 14.1. The minimum Gasteiger partial charge on any atom is -0.456 e. The van der Waals surface area contributed by atoms with Gasteiger partial charge in [0, 0.05) is 12.8 Å². The highest BCUT2D eigenvalue weighted by molar-refractivity contribution is 7.47. The molecule has 0 aliphatic rings. The smallest absolute Gasteiger partial charge is 0.456 e. The Kier molecular flexibility index (Phi) is 58.2. The van der Waals surface area contributed by atoms with E-state index in [4.69, 9.17) is 13.8 Å². The van der Waals surface area contributed by atoms with E-state index in [1.807, 2.05) is 33.3 Å². The molecule has 0 radical (unpaired) electrons. The van der Waals surface area contributed by atoms with Crippen molar-refractivity contribution in [3.63, 3.8) is 0 Å². The predicted octanol–water partition coefficient (Wildman–Crippen LogP) is 21.3. The second kappa shape index (κ2) is 60.3. The number of nitrogens with one attached hydrogen (secondary N) is 1. The summed E-state index contributed by atoms with van der Waals surface area (Å²) in [4.78, 5) is 37.8. The van der Waals surface area contributed by atoms with E-state index in [-0.39, 0.29) is 31.5 Å². The number of phosphoric acid groups is 1. The fraction of sp³-hybridized carbons (Fsp3) is 0.775. The molecule has 470 valence electrons. The number of rotatable bonds is 61. The van der Waals surface area contributed by atoms with Crippen molar-refractivity contribution in [2.75, 3.05) is 40.9 Å². The molecule has 0 aromatic rings. The Labute approximate surface area is 501 Å². The summed E-state index contributed by atoms with van der Waals surface area (Å²) in [6, 6.07) is -0.857. The first kappa shape index (κ1) is 78.2. The number of quaternary nitrogens is 1. The zero-order valence-electron chi connectivity index (χ0n) is 53.8. The third kappa shape index (κ3) is 61.6. The van der Waals surface area contributed by atoms with E-state index in [9.17, 15) is 19.0 Å². The highest BCUT2D eigenvalue weighted by Crippen LogP contribution is 2.43. The Morgan fingerprint density at radius 3 is 1.20 bits per heavy atom. The first-order valence-electron chi connectivity index (χ1n) is 33.9. The number of carbonyl (C=O) groups excluding carboxylic acids is 2. The molecule has 9 nitrogen and oxygen atoms in total. The van der Waals surface area contributed by atoms with Crippen molar-refractivity contribution in [3.05, 3.63) is 85.1 Å². The van der Waals surface area contributed by atoms with Gasteiger partial charge in [-0.3, -0.25) is 18.6 Å². The number of phosphoric ester groups is 1. The van der Waals surface area contributed by atoms with Crippen molar-refractivity contribution in [1.82, 2.24) is 5.32 Å². The van der Waals surface area contributed by atoms with E-state index in [0.29, 0.717) is 17.4 Å². The summed E-state index contributed by atoms with van der Waals surface area (Å²) in [5.41, 5.74) is 0. The van der Waals surface area contributed by atoms with Crippen molar-refractivity contribution in [2.24, 2.45) is 0 Å². The second-order valence-corrected chi connectivity index (χ2v) is 25.4. The maximum absolute atomic E-state index is 13.6. The first-order chi connectivity index (χ1) is 39.4. The molecule has 3 atom stereocenters. The predicted molar refractivity (Wildman–Crippen MR) is 351 cm³/mol. The standard InChI is InChI=1S/C71H129N2O7P/c1-7-10-13-16-19-22-25-28-30-32-33-34-35-36-37-38-39-41-43-46-49-52-55-58-61-64-71(75)80-69(62-59-56-53-50-47-44-27-24-21-18-15-12-9-3)68(67-79-81(76,77)78-66-65-73(4,5)6)72-70(74)63-60-57-54-51-48-45-42-40-31-29-26-23-20-17-14-11-8-2/h10,13,19,22,28-31,33-34,36-37,59,62,68-69H,7-9,11-12,14-18,20-21,23-27,32,35,38-58,60-61,63-67H2,1-6H3,(H-,72,74,76,77)/p+1/b13-10-,22-19-,30-28-,31-29+,34-33-,37-36-,62-59-. The Morgan fingerprint density at radius 2 is 0.790 bits per heavy atom. The molecular weight excluding hydrogens is 1020 g/mol. The van der Waals surface area contributed by atoms with E-state index in [1.165, 1.54) is 154 Å². The van der Waals surface area contributed by atoms with Crippen molar-refractivity contribution in [2.45, 2.75) is 315 Å². The van der Waals surface area contributed by atoms with Crippen LogP contribution in [0.2, 0.25) is 0 Å². The van der Waals surface area contributed by atoms with Crippen molar-refractivity contribution >= 4 is 19.7 Å². The number of ether oxygens (including phenoxy) is 1. The molecule has 3 unspecified atom stereocenters. The maximum atomic E-state index is 13.6. The highest BCUT2D eigenvalue weighted by Gasteiger charge is 2.30. The van der Waals surface area contributed by atoms with E-state index in [2.05, 4.69) is 99.0 Å². The molecule has 0 aliphatic carbocycles. The molecule has 10 heteroatoms. The van der Waals surface area contributed by atoms with Crippen LogP contribution in [0.1, 0.15) is 303 Å². The zero-order valence-corrected chi connectivity index (χ0v) is 54.7. The lowest BCUT2D eigenvalue weighted by molar-refractivity contribution is -0.870. The van der Waals surface area contributed by atoms with E-state index in [0.717, 1.165) is 116 Å². The largest absolute Gasteiger partial charge is 0.472 e. The molecule has 0 saturated heterocycles. The quantitative estimate of drug-likeness (QED) is 0.0205. The Balaban J connectivity index is 5.17. The molecule has 0 rings (SSSR count). The Bertz CT molecular complexity index is 1660. The Hall–Kier alpha value is -2.81. The summed E-state index contributed by atoms with van der Waals surface area (Å²) in [6.07, 6.45) is 80.1. The zero-order chi connectivity index (χ0) is 59.3. The molecule has 0 aromatic heterocycles. The van der Waals surface area contributed by atoms with Crippen LogP contribution in [0.3, 0.4) is 0 Å². The number of esters is 1. The number of nitrogens with zero attached hydrogens (tertiary/aromatic N) is 1. The van der Waals surface area contributed by atoms with E-state index in [1.54, 1.807) is 0 Å². The van der Waals surface area contributed by atoms with Crippen LogP contribution in [-0.2, 0) is 27.9 Å².